The average molecular weight is 300 g/mol. The minimum Gasteiger partial charge on any atom is -0.453 e. The van der Waals surface area contributed by atoms with Crippen LogP contribution >= 0.6 is 15.9 Å². The summed E-state index contributed by atoms with van der Waals surface area (Å²) in [6.07, 6.45) is 0. The van der Waals surface area contributed by atoms with Gasteiger partial charge in [0.1, 0.15) is 11.6 Å². The van der Waals surface area contributed by atoms with Crippen molar-refractivity contribution in [3.63, 3.8) is 0 Å². The summed E-state index contributed by atoms with van der Waals surface area (Å²) in [4.78, 5) is 0. The number of hydrogen-bond acceptors (Lipinski definition) is 2. The van der Waals surface area contributed by atoms with Crippen LogP contribution in [0.1, 0.15) is 0 Å². The fraction of sp³-hybridized carbons (Fsp3) is 0. The number of benzene rings is 2. The van der Waals surface area contributed by atoms with Crippen LogP contribution in [0.4, 0.5) is 14.5 Å². The second kappa shape index (κ2) is 4.71. The van der Waals surface area contributed by atoms with Crippen LogP contribution in [-0.4, -0.2) is 0 Å². The van der Waals surface area contributed by atoms with Crippen LogP contribution in [0.2, 0.25) is 0 Å². The minimum atomic E-state index is -0.568. The number of nitrogen functional groups attached to an aromatic ring is 1. The molecule has 0 saturated heterocycles. The molecule has 0 amide bonds. The van der Waals surface area contributed by atoms with Crippen molar-refractivity contribution in [1.29, 1.82) is 0 Å². The molecular weight excluding hydrogens is 292 g/mol. The van der Waals surface area contributed by atoms with Gasteiger partial charge in [-0.1, -0.05) is 0 Å². The van der Waals surface area contributed by atoms with Gasteiger partial charge in [-0.05, 0) is 46.3 Å². The van der Waals surface area contributed by atoms with E-state index in [1.807, 2.05) is 0 Å². The molecule has 2 nitrogen and oxygen atoms in total. The van der Waals surface area contributed by atoms with Crippen molar-refractivity contribution in [3.05, 3.63) is 52.5 Å². The molecule has 2 rings (SSSR count). The molecule has 0 aromatic heterocycles. The summed E-state index contributed by atoms with van der Waals surface area (Å²) in [6, 6.07) is 7.98. The molecule has 5 heteroatoms. The van der Waals surface area contributed by atoms with Crippen molar-refractivity contribution in [3.8, 4) is 11.5 Å². The van der Waals surface area contributed by atoms with Gasteiger partial charge in [-0.15, -0.1) is 0 Å². The maximum atomic E-state index is 13.5. The van der Waals surface area contributed by atoms with Crippen LogP contribution < -0.4 is 10.5 Å². The lowest BCUT2D eigenvalue weighted by Crippen LogP contribution is -1.92. The van der Waals surface area contributed by atoms with Gasteiger partial charge in [0.05, 0.1) is 4.47 Å². The van der Waals surface area contributed by atoms with Gasteiger partial charge < -0.3 is 10.5 Å². The van der Waals surface area contributed by atoms with Crippen molar-refractivity contribution in [2.45, 2.75) is 0 Å². The van der Waals surface area contributed by atoms with E-state index in [0.29, 0.717) is 15.9 Å². The molecular formula is C12H8BrF2NO. The highest BCUT2D eigenvalue weighted by Crippen LogP contribution is 2.31. The number of anilines is 1. The zero-order valence-corrected chi connectivity index (χ0v) is 10.2. The summed E-state index contributed by atoms with van der Waals surface area (Å²) in [5, 5.41) is 0. The zero-order valence-electron chi connectivity index (χ0n) is 8.58. The van der Waals surface area contributed by atoms with Gasteiger partial charge in [0.25, 0.3) is 0 Å². The van der Waals surface area contributed by atoms with Gasteiger partial charge >= 0.3 is 0 Å². The molecule has 2 N–H and O–H groups in total. The van der Waals surface area contributed by atoms with E-state index in [1.165, 1.54) is 30.3 Å². The summed E-state index contributed by atoms with van der Waals surface area (Å²) in [5.41, 5.74) is 5.73. The first-order chi connectivity index (χ1) is 8.06. The lowest BCUT2D eigenvalue weighted by atomic mass is 10.3. The summed E-state index contributed by atoms with van der Waals surface area (Å²) < 4.78 is 32.0. The monoisotopic (exact) mass is 299 g/mol. The molecule has 0 aliphatic carbocycles. The fourth-order valence-corrected chi connectivity index (χ4v) is 1.71. The third kappa shape index (κ3) is 2.74. The number of halogens is 3. The summed E-state index contributed by atoms with van der Waals surface area (Å²) in [5.74, 6) is -0.607. The largest absolute Gasteiger partial charge is 0.453 e. The first-order valence-electron chi connectivity index (χ1n) is 4.74. The highest BCUT2D eigenvalue weighted by molar-refractivity contribution is 9.10. The summed E-state index contributed by atoms with van der Waals surface area (Å²) in [6.45, 7) is 0. The first-order valence-corrected chi connectivity index (χ1v) is 5.53. The quantitative estimate of drug-likeness (QED) is 0.847. The summed E-state index contributed by atoms with van der Waals surface area (Å²) in [7, 11) is 0. The molecule has 0 heterocycles. The van der Waals surface area contributed by atoms with Crippen LogP contribution in [0.25, 0.3) is 0 Å². The second-order valence-electron chi connectivity index (χ2n) is 3.37. The Labute approximate surface area is 105 Å². The topological polar surface area (TPSA) is 35.2 Å². The van der Waals surface area contributed by atoms with Gasteiger partial charge in [-0.2, -0.15) is 0 Å². The van der Waals surface area contributed by atoms with E-state index < -0.39 is 11.6 Å². The molecule has 0 atom stereocenters. The molecule has 0 aliphatic rings. The number of ether oxygens (including phenoxy) is 1. The second-order valence-corrected chi connectivity index (χ2v) is 4.22. The number of rotatable bonds is 2. The third-order valence-corrected chi connectivity index (χ3v) is 2.69. The predicted octanol–water partition coefficient (Wildman–Crippen LogP) is 4.10. The highest BCUT2D eigenvalue weighted by atomic mass is 79.9. The van der Waals surface area contributed by atoms with Crippen molar-refractivity contribution in [2.75, 3.05) is 5.73 Å². The maximum Gasteiger partial charge on any atom is 0.167 e. The molecule has 0 radical (unpaired) electrons. The lowest BCUT2D eigenvalue weighted by molar-refractivity contribution is 0.439. The Morgan fingerprint density at radius 1 is 1.00 bits per heavy atom. The molecule has 0 fully saturated rings. The normalized spacial score (nSPS) is 10.3. The van der Waals surface area contributed by atoms with Crippen LogP contribution in [-0.2, 0) is 0 Å². The Balaban J connectivity index is 2.31. The van der Waals surface area contributed by atoms with E-state index in [-0.39, 0.29) is 5.75 Å². The Bertz CT molecular complexity index is 511. The Hall–Kier alpha value is -1.62. The summed E-state index contributed by atoms with van der Waals surface area (Å²) >= 11 is 3.13. The first kappa shape index (κ1) is 11.9. The molecule has 0 saturated carbocycles. The molecule has 88 valence electrons. The van der Waals surface area contributed by atoms with E-state index in [2.05, 4.69) is 15.9 Å². The standard InChI is InChI=1S/C12H8BrF2NO/c13-9-5-7(14)1-3-11(9)17-12-4-2-8(16)6-10(12)15/h1-6H,16H2. The molecule has 0 unspecified atom stereocenters. The average Bonchev–Trinajstić information content (AvgIpc) is 2.25. The van der Waals surface area contributed by atoms with E-state index in [9.17, 15) is 8.78 Å². The number of hydrogen-bond donors (Lipinski definition) is 1. The fourth-order valence-electron chi connectivity index (χ4n) is 1.28. The van der Waals surface area contributed by atoms with Gasteiger partial charge in [0.15, 0.2) is 11.6 Å². The van der Waals surface area contributed by atoms with E-state index in [4.69, 9.17) is 10.5 Å². The minimum absolute atomic E-state index is 0.0338. The Morgan fingerprint density at radius 3 is 2.35 bits per heavy atom. The molecule has 0 aliphatic heterocycles. The van der Waals surface area contributed by atoms with E-state index >= 15 is 0 Å². The molecule has 2 aromatic rings. The van der Waals surface area contributed by atoms with Gasteiger partial charge in [0.2, 0.25) is 0 Å². The Kier molecular flexibility index (Phi) is 3.28. The predicted molar refractivity (Wildman–Crippen MR) is 65.0 cm³/mol. The van der Waals surface area contributed by atoms with Crippen molar-refractivity contribution < 1.29 is 13.5 Å². The van der Waals surface area contributed by atoms with Crippen molar-refractivity contribution in [2.24, 2.45) is 0 Å². The third-order valence-electron chi connectivity index (χ3n) is 2.07. The van der Waals surface area contributed by atoms with E-state index in [1.54, 1.807) is 0 Å². The highest BCUT2D eigenvalue weighted by Gasteiger charge is 2.08. The van der Waals surface area contributed by atoms with Gasteiger partial charge in [0, 0.05) is 11.8 Å². The van der Waals surface area contributed by atoms with Crippen molar-refractivity contribution >= 4 is 21.6 Å². The Morgan fingerprint density at radius 2 is 1.71 bits per heavy atom. The maximum absolute atomic E-state index is 13.5. The lowest BCUT2D eigenvalue weighted by Gasteiger charge is -2.08. The van der Waals surface area contributed by atoms with Crippen LogP contribution in [0.3, 0.4) is 0 Å². The van der Waals surface area contributed by atoms with Crippen LogP contribution in [0.5, 0.6) is 11.5 Å². The SMILES string of the molecule is Nc1ccc(Oc2ccc(F)cc2Br)c(F)c1. The molecule has 0 bridgehead atoms. The molecule has 17 heavy (non-hydrogen) atoms. The van der Waals surface area contributed by atoms with E-state index in [0.717, 1.165) is 6.07 Å². The van der Waals surface area contributed by atoms with Gasteiger partial charge in [-0.3, -0.25) is 0 Å². The smallest absolute Gasteiger partial charge is 0.167 e. The molecule has 0 spiro atoms. The van der Waals surface area contributed by atoms with Crippen LogP contribution in [0.15, 0.2) is 40.9 Å². The van der Waals surface area contributed by atoms with Crippen LogP contribution in [0, 0.1) is 11.6 Å². The van der Waals surface area contributed by atoms with Gasteiger partial charge in [-0.25, -0.2) is 8.78 Å². The number of nitrogens with two attached hydrogens (primary N) is 1. The van der Waals surface area contributed by atoms with Crippen molar-refractivity contribution in [1.82, 2.24) is 0 Å². The molecule has 2 aromatic carbocycles. The zero-order chi connectivity index (χ0) is 12.4.